The van der Waals surface area contributed by atoms with Crippen molar-refractivity contribution in [2.45, 2.75) is 27.2 Å². The van der Waals surface area contributed by atoms with E-state index in [0.29, 0.717) is 56.2 Å². The smallest absolute Gasteiger partial charge is 0.224 e. The molecule has 0 aliphatic carbocycles. The molecule has 5 heterocycles. The Morgan fingerprint density at radius 2 is 1.95 bits per heavy atom. The van der Waals surface area contributed by atoms with Gasteiger partial charge in [-0.05, 0) is 54.8 Å². The summed E-state index contributed by atoms with van der Waals surface area (Å²) in [5.74, 6) is 0.0672. The average molecular weight is 554 g/mol. The first kappa shape index (κ1) is 25.5. The number of carbonyl (C=O) groups excluding carboxylic acids is 2. The quantitative estimate of drug-likeness (QED) is 0.191. The van der Waals surface area contributed by atoms with Crippen molar-refractivity contribution in [3.8, 4) is 33.1 Å². The van der Waals surface area contributed by atoms with E-state index in [4.69, 9.17) is 0 Å². The number of thiophene rings is 1. The number of pyridine rings is 2. The number of H-pyrrole nitrogens is 2. The molecule has 5 aromatic heterocycles. The van der Waals surface area contributed by atoms with E-state index in [2.05, 4.69) is 35.5 Å². The van der Waals surface area contributed by atoms with E-state index < -0.39 is 5.82 Å². The molecule has 11 heteroatoms. The minimum atomic E-state index is -0.505. The Morgan fingerprint density at radius 1 is 1.10 bits per heavy atom. The molecule has 0 spiro atoms. The van der Waals surface area contributed by atoms with Gasteiger partial charge in [0, 0.05) is 40.2 Å². The van der Waals surface area contributed by atoms with E-state index in [1.54, 1.807) is 30.7 Å². The van der Waals surface area contributed by atoms with Crippen LogP contribution >= 0.6 is 11.3 Å². The lowest BCUT2D eigenvalue weighted by atomic mass is 10.0. The molecule has 40 heavy (non-hydrogen) atoms. The Kier molecular flexibility index (Phi) is 6.43. The van der Waals surface area contributed by atoms with E-state index in [9.17, 15) is 9.59 Å². The molecule has 6 rings (SSSR count). The fraction of sp³-hybridized carbons (Fsp3) is 0.172. The number of hydrogen-bond donors (Lipinski definition) is 3. The fourth-order valence-electron chi connectivity index (χ4n) is 4.58. The molecule has 1 amide bonds. The van der Waals surface area contributed by atoms with Crippen LogP contribution in [0.1, 0.15) is 36.9 Å². The SMILES string of the molecule is CC(=O)c1ccc(-c2ccnc3nc(-c4[nH]nc5c(F)cc(-c6cncc(NC(=O)CC(C)C)c6)cc45)[nH]c23)s1. The van der Waals surface area contributed by atoms with E-state index >= 15 is 4.39 Å². The summed E-state index contributed by atoms with van der Waals surface area (Å²) in [5.41, 5.74) is 4.47. The van der Waals surface area contributed by atoms with Crippen molar-refractivity contribution < 1.29 is 14.0 Å². The summed E-state index contributed by atoms with van der Waals surface area (Å²) in [5, 5.41) is 10.5. The number of fused-ring (bicyclic) bond motifs is 2. The largest absolute Gasteiger partial charge is 0.335 e. The summed E-state index contributed by atoms with van der Waals surface area (Å²) in [4.78, 5) is 42.2. The first-order chi connectivity index (χ1) is 19.3. The molecule has 0 atom stereocenters. The van der Waals surface area contributed by atoms with Crippen molar-refractivity contribution in [1.29, 1.82) is 0 Å². The Hall–Kier alpha value is -4.77. The standard InChI is InChI=1S/C29H24FN7O2S/c1-14(2)8-24(39)33-18-9-17(12-31-13-18)16-10-20-25(21(30)11-16)36-37-27(20)29-34-26-19(6-7-32-28(26)35-29)23-5-4-22(40-23)15(3)38/h4-7,9-14H,8H2,1-3H3,(H,33,39)(H,36,37)(H,32,34,35). The zero-order valence-electron chi connectivity index (χ0n) is 21.9. The third kappa shape index (κ3) is 4.75. The van der Waals surface area contributed by atoms with Crippen LogP contribution in [-0.4, -0.2) is 41.8 Å². The number of carbonyl (C=O) groups is 2. The molecule has 1 aromatic carbocycles. The minimum Gasteiger partial charge on any atom is -0.335 e. The van der Waals surface area contributed by atoms with Crippen molar-refractivity contribution in [1.82, 2.24) is 30.1 Å². The topological polar surface area (TPSA) is 129 Å². The van der Waals surface area contributed by atoms with Crippen molar-refractivity contribution >= 4 is 50.8 Å². The lowest BCUT2D eigenvalue weighted by Crippen LogP contribution is -2.13. The first-order valence-corrected chi connectivity index (χ1v) is 13.5. The molecule has 0 fully saturated rings. The second-order valence-corrected chi connectivity index (χ2v) is 11.0. The van der Waals surface area contributed by atoms with Crippen molar-refractivity contribution in [3.05, 3.63) is 65.7 Å². The molecule has 0 aliphatic rings. The predicted octanol–water partition coefficient (Wildman–Crippen LogP) is 6.62. The number of anilines is 1. The Balaban J connectivity index is 1.40. The summed E-state index contributed by atoms with van der Waals surface area (Å²) >= 11 is 1.40. The average Bonchev–Trinajstić information content (AvgIpc) is 3.66. The number of imidazole rings is 1. The van der Waals surface area contributed by atoms with Crippen LogP contribution in [0.25, 0.3) is 55.2 Å². The number of rotatable bonds is 7. The number of benzene rings is 1. The van der Waals surface area contributed by atoms with Crippen LogP contribution in [0.5, 0.6) is 0 Å². The van der Waals surface area contributed by atoms with Gasteiger partial charge in [-0.15, -0.1) is 11.3 Å². The van der Waals surface area contributed by atoms with Crippen LogP contribution in [0, 0.1) is 11.7 Å². The number of aromatic nitrogens is 6. The Bertz CT molecular complexity index is 1920. The maximum Gasteiger partial charge on any atom is 0.224 e. The molecule has 3 N–H and O–H groups in total. The summed E-state index contributed by atoms with van der Waals surface area (Å²) in [7, 11) is 0. The molecule has 0 saturated heterocycles. The maximum atomic E-state index is 15.2. The summed E-state index contributed by atoms with van der Waals surface area (Å²) in [6.07, 6.45) is 5.23. The van der Waals surface area contributed by atoms with Crippen molar-refractivity contribution in [2.24, 2.45) is 5.92 Å². The summed E-state index contributed by atoms with van der Waals surface area (Å²) in [6.45, 7) is 5.48. The van der Waals surface area contributed by atoms with Gasteiger partial charge in [-0.3, -0.25) is 19.7 Å². The molecular formula is C29H24FN7O2S. The molecule has 0 radical (unpaired) electrons. The normalized spacial score (nSPS) is 11.5. The van der Waals surface area contributed by atoms with Crippen LogP contribution in [0.3, 0.4) is 0 Å². The molecule has 9 nitrogen and oxygen atoms in total. The number of hydrogen-bond acceptors (Lipinski definition) is 7. The Morgan fingerprint density at radius 3 is 2.73 bits per heavy atom. The number of nitrogens with one attached hydrogen (secondary N) is 3. The van der Waals surface area contributed by atoms with Gasteiger partial charge in [-0.1, -0.05) is 13.8 Å². The lowest BCUT2D eigenvalue weighted by Gasteiger charge is -2.09. The lowest BCUT2D eigenvalue weighted by molar-refractivity contribution is -0.116. The van der Waals surface area contributed by atoms with Gasteiger partial charge < -0.3 is 10.3 Å². The van der Waals surface area contributed by atoms with Gasteiger partial charge in [0.1, 0.15) is 11.2 Å². The van der Waals surface area contributed by atoms with Crippen LogP contribution in [-0.2, 0) is 4.79 Å². The number of aromatic amines is 2. The van der Waals surface area contributed by atoms with E-state index in [-0.39, 0.29) is 23.1 Å². The van der Waals surface area contributed by atoms with Gasteiger partial charge in [0.05, 0.1) is 22.3 Å². The van der Waals surface area contributed by atoms with Crippen molar-refractivity contribution in [3.63, 3.8) is 0 Å². The number of Topliss-reactive ketones (excluding diaryl/α,β-unsaturated/α-hetero) is 1. The molecule has 0 unspecified atom stereocenters. The van der Waals surface area contributed by atoms with Gasteiger partial charge in [0.15, 0.2) is 23.1 Å². The number of nitrogens with zero attached hydrogens (tertiary/aromatic N) is 4. The van der Waals surface area contributed by atoms with Crippen molar-refractivity contribution in [2.75, 3.05) is 5.32 Å². The molecule has 0 bridgehead atoms. The number of ketones is 1. The van der Waals surface area contributed by atoms with Gasteiger partial charge in [0.25, 0.3) is 0 Å². The van der Waals surface area contributed by atoms with Gasteiger partial charge >= 0.3 is 0 Å². The monoisotopic (exact) mass is 553 g/mol. The predicted molar refractivity (Wildman–Crippen MR) is 154 cm³/mol. The van der Waals surface area contributed by atoms with Gasteiger partial charge in [-0.2, -0.15) is 5.10 Å². The summed E-state index contributed by atoms with van der Waals surface area (Å²) < 4.78 is 15.2. The second-order valence-electron chi connectivity index (χ2n) is 9.92. The second kappa shape index (κ2) is 10.1. The molecule has 6 aromatic rings. The molecular weight excluding hydrogens is 529 g/mol. The van der Waals surface area contributed by atoms with Gasteiger partial charge in [0.2, 0.25) is 5.91 Å². The number of amides is 1. The minimum absolute atomic E-state index is 0.00675. The number of halogens is 1. The van der Waals surface area contributed by atoms with E-state index in [1.165, 1.54) is 24.3 Å². The fourth-order valence-corrected chi connectivity index (χ4v) is 5.51. The van der Waals surface area contributed by atoms with Crippen LogP contribution < -0.4 is 5.32 Å². The molecule has 0 aliphatic heterocycles. The maximum absolute atomic E-state index is 15.2. The van der Waals surface area contributed by atoms with E-state index in [1.807, 2.05) is 32.0 Å². The highest BCUT2D eigenvalue weighted by Crippen LogP contribution is 2.36. The molecule has 200 valence electrons. The van der Waals surface area contributed by atoms with Crippen LogP contribution in [0.2, 0.25) is 0 Å². The van der Waals surface area contributed by atoms with E-state index in [0.717, 1.165) is 10.4 Å². The Labute approximate surface area is 231 Å². The third-order valence-electron chi connectivity index (χ3n) is 6.41. The molecule has 0 saturated carbocycles. The third-order valence-corrected chi connectivity index (χ3v) is 7.63. The highest BCUT2D eigenvalue weighted by Gasteiger charge is 2.19. The van der Waals surface area contributed by atoms with Gasteiger partial charge in [-0.25, -0.2) is 14.4 Å². The zero-order valence-corrected chi connectivity index (χ0v) is 22.7. The zero-order chi connectivity index (χ0) is 28.0. The summed E-state index contributed by atoms with van der Waals surface area (Å²) in [6, 6.07) is 10.5. The van der Waals surface area contributed by atoms with Crippen LogP contribution in [0.4, 0.5) is 10.1 Å². The highest BCUT2D eigenvalue weighted by molar-refractivity contribution is 7.17. The first-order valence-electron chi connectivity index (χ1n) is 12.7. The van der Waals surface area contributed by atoms with Crippen LogP contribution in [0.15, 0.2) is 55.0 Å². The highest BCUT2D eigenvalue weighted by atomic mass is 32.1.